The first kappa shape index (κ1) is 16.3. The number of nitrogens with zero attached hydrogens (tertiary/aromatic N) is 2. The van der Waals surface area contributed by atoms with E-state index in [0.29, 0.717) is 16.1 Å². The Bertz CT molecular complexity index is 657. The van der Waals surface area contributed by atoms with Crippen LogP contribution in [0.25, 0.3) is 0 Å². The molecule has 0 aliphatic heterocycles. The second-order valence-electron chi connectivity index (χ2n) is 5.83. The van der Waals surface area contributed by atoms with Crippen molar-refractivity contribution in [3.05, 3.63) is 46.2 Å². The molecule has 0 spiro atoms. The van der Waals surface area contributed by atoms with Crippen LogP contribution >= 0.6 is 23.2 Å². The van der Waals surface area contributed by atoms with Gasteiger partial charge < -0.3 is 10.6 Å². The van der Waals surface area contributed by atoms with Crippen LogP contribution in [0.15, 0.2) is 30.6 Å². The van der Waals surface area contributed by atoms with E-state index in [-0.39, 0.29) is 0 Å². The lowest BCUT2D eigenvalue weighted by atomic mass is 10.1. The van der Waals surface area contributed by atoms with E-state index in [0.717, 1.165) is 30.2 Å². The minimum Gasteiger partial charge on any atom is -0.370 e. The van der Waals surface area contributed by atoms with E-state index in [1.54, 1.807) is 12.4 Å². The zero-order chi connectivity index (χ0) is 16.1. The molecule has 1 aliphatic carbocycles. The molecule has 3 rings (SSSR count). The maximum absolute atomic E-state index is 6.18. The molecule has 0 bridgehead atoms. The highest BCUT2D eigenvalue weighted by atomic mass is 35.5. The first-order valence-corrected chi connectivity index (χ1v) is 8.73. The Kier molecular flexibility index (Phi) is 5.57. The summed E-state index contributed by atoms with van der Waals surface area (Å²) in [6, 6.07) is 8.09. The van der Waals surface area contributed by atoms with Gasteiger partial charge in [0.1, 0.15) is 18.0 Å². The first-order chi connectivity index (χ1) is 11.2. The fourth-order valence-corrected chi connectivity index (χ4v) is 3.36. The van der Waals surface area contributed by atoms with E-state index in [9.17, 15) is 0 Å². The Balaban J connectivity index is 1.53. The standard InChI is InChI=1S/C17H20Cl2N4/c18-13-6-5-12(15(19)9-13)7-8-20-16-10-17(22-11-21-16)23-14-3-1-2-4-14/h5-6,9-11,14H,1-4,7-8H2,(H2,20,21,22,23). The lowest BCUT2D eigenvalue weighted by Crippen LogP contribution is -2.16. The maximum atomic E-state index is 6.18. The summed E-state index contributed by atoms with van der Waals surface area (Å²) < 4.78 is 0. The van der Waals surface area contributed by atoms with Gasteiger partial charge >= 0.3 is 0 Å². The summed E-state index contributed by atoms with van der Waals surface area (Å²) >= 11 is 12.1. The van der Waals surface area contributed by atoms with Gasteiger partial charge in [0, 0.05) is 28.7 Å². The van der Waals surface area contributed by atoms with Crippen molar-refractivity contribution in [3.8, 4) is 0 Å². The molecule has 1 aromatic heterocycles. The van der Waals surface area contributed by atoms with Crippen molar-refractivity contribution in [1.82, 2.24) is 9.97 Å². The van der Waals surface area contributed by atoms with Crippen LogP contribution in [-0.2, 0) is 6.42 Å². The molecule has 0 atom stereocenters. The monoisotopic (exact) mass is 350 g/mol. The molecule has 122 valence electrons. The predicted octanol–water partition coefficient (Wildman–Crippen LogP) is 4.79. The average Bonchev–Trinajstić information content (AvgIpc) is 3.03. The van der Waals surface area contributed by atoms with Gasteiger partial charge in [-0.05, 0) is 37.0 Å². The number of anilines is 2. The van der Waals surface area contributed by atoms with Crippen molar-refractivity contribution >= 4 is 34.8 Å². The van der Waals surface area contributed by atoms with Crippen LogP contribution < -0.4 is 10.6 Å². The second kappa shape index (κ2) is 7.84. The van der Waals surface area contributed by atoms with Crippen LogP contribution in [0, 0.1) is 0 Å². The van der Waals surface area contributed by atoms with Crippen LogP contribution in [0.2, 0.25) is 10.0 Å². The number of hydrogen-bond donors (Lipinski definition) is 2. The van der Waals surface area contributed by atoms with Gasteiger partial charge in [-0.25, -0.2) is 9.97 Å². The van der Waals surface area contributed by atoms with Crippen molar-refractivity contribution in [2.45, 2.75) is 38.1 Å². The number of benzene rings is 1. The summed E-state index contributed by atoms with van der Waals surface area (Å²) in [4.78, 5) is 8.56. The number of aromatic nitrogens is 2. The number of nitrogens with one attached hydrogen (secondary N) is 2. The molecule has 1 fully saturated rings. The highest BCUT2D eigenvalue weighted by Gasteiger charge is 2.15. The third-order valence-electron chi connectivity index (χ3n) is 4.09. The summed E-state index contributed by atoms with van der Waals surface area (Å²) in [6.45, 7) is 0.751. The molecule has 0 unspecified atom stereocenters. The van der Waals surface area contributed by atoms with Gasteiger partial charge in [-0.2, -0.15) is 0 Å². The molecular formula is C17H20Cl2N4. The highest BCUT2D eigenvalue weighted by Crippen LogP contribution is 2.23. The normalized spacial score (nSPS) is 14.9. The van der Waals surface area contributed by atoms with Crippen molar-refractivity contribution in [3.63, 3.8) is 0 Å². The quantitative estimate of drug-likeness (QED) is 0.785. The molecule has 1 aromatic carbocycles. The topological polar surface area (TPSA) is 49.8 Å². The van der Waals surface area contributed by atoms with Gasteiger partial charge in [-0.15, -0.1) is 0 Å². The van der Waals surface area contributed by atoms with E-state index in [2.05, 4.69) is 20.6 Å². The van der Waals surface area contributed by atoms with Crippen LogP contribution in [0.1, 0.15) is 31.2 Å². The van der Waals surface area contributed by atoms with E-state index in [4.69, 9.17) is 23.2 Å². The van der Waals surface area contributed by atoms with Gasteiger partial charge in [0.25, 0.3) is 0 Å². The van der Waals surface area contributed by atoms with E-state index in [1.165, 1.54) is 25.7 Å². The molecule has 2 aromatic rings. The van der Waals surface area contributed by atoms with Gasteiger partial charge in [0.05, 0.1) is 0 Å². The average molecular weight is 351 g/mol. The van der Waals surface area contributed by atoms with Gasteiger partial charge in [-0.1, -0.05) is 42.1 Å². The summed E-state index contributed by atoms with van der Waals surface area (Å²) in [5, 5.41) is 8.15. The minimum atomic E-state index is 0.547. The predicted molar refractivity (Wildman–Crippen MR) is 96.6 cm³/mol. The van der Waals surface area contributed by atoms with Crippen molar-refractivity contribution < 1.29 is 0 Å². The molecular weight excluding hydrogens is 331 g/mol. The molecule has 0 saturated heterocycles. The van der Waals surface area contributed by atoms with E-state index < -0.39 is 0 Å². The highest BCUT2D eigenvalue weighted by molar-refractivity contribution is 6.35. The fourth-order valence-electron chi connectivity index (χ4n) is 2.86. The fraction of sp³-hybridized carbons (Fsp3) is 0.412. The molecule has 1 saturated carbocycles. The van der Waals surface area contributed by atoms with Crippen LogP contribution in [0.5, 0.6) is 0 Å². The van der Waals surface area contributed by atoms with Crippen LogP contribution in [0.4, 0.5) is 11.6 Å². The summed E-state index contributed by atoms with van der Waals surface area (Å²) in [5.41, 5.74) is 1.07. The molecule has 0 radical (unpaired) electrons. The number of halogens is 2. The third kappa shape index (κ3) is 4.72. The SMILES string of the molecule is Clc1ccc(CCNc2cc(NC3CCCC3)ncn2)c(Cl)c1. The lowest BCUT2D eigenvalue weighted by molar-refractivity contribution is 0.750. The Morgan fingerprint density at radius 1 is 1.04 bits per heavy atom. The molecule has 6 heteroatoms. The summed E-state index contributed by atoms with van der Waals surface area (Å²) in [6.07, 6.45) is 7.45. The van der Waals surface area contributed by atoms with Crippen molar-refractivity contribution in [2.75, 3.05) is 17.2 Å². The Morgan fingerprint density at radius 3 is 2.61 bits per heavy atom. The largest absolute Gasteiger partial charge is 0.370 e. The maximum Gasteiger partial charge on any atom is 0.131 e. The number of rotatable bonds is 6. The molecule has 1 aliphatic rings. The molecule has 0 amide bonds. The number of hydrogen-bond acceptors (Lipinski definition) is 4. The molecule has 1 heterocycles. The Labute approximate surface area is 146 Å². The summed E-state index contributed by atoms with van der Waals surface area (Å²) in [5.74, 6) is 1.71. The van der Waals surface area contributed by atoms with Crippen LogP contribution in [0.3, 0.4) is 0 Å². The third-order valence-corrected chi connectivity index (χ3v) is 4.68. The smallest absolute Gasteiger partial charge is 0.131 e. The summed E-state index contributed by atoms with van der Waals surface area (Å²) in [7, 11) is 0. The first-order valence-electron chi connectivity index (χ1n) is 7.97. The van der Waals surface area contributed by atoms with Crippen molar-refractivity contribution in [1.29, 1.82) is 0 Å². The van der Waals surface area contributed by atoms with E-state index >= 15 is 0 Å². The lowest BCUT2D eigenvalue weighted by Gasteiger charge is -2.13. The Morgan fingerprint density at radius 2 is 1.83 bits per heavy atom. The zero-order valence-electron chi connectivity index (χ0n) is 12.9. The zero-order valence-corrected chi connectivity index (χ0v) is 14.4. The van der Waals surface area contributed by atoms with Gasteiger partial charge in [0.2, 0.25) is 0 Å². The van der Waals surface area contributed by atoms with Crippen LogP contribution in [-0.4, -0.2) is 22.6 Å². The Hall–Kier alpha value is -1.52. The second-order valence-corrected chi connectivity index (χ2v) is 6.67. The molecule has 4 nitrogen and oxygen atoms in total. The molecule has 23 heavy (non-hydrogen) atoms. The van der Waals surface area contributed by atoms with Gasteiger partial charge in [0.15, 0.2) is 0 Å². The van der Waals surface area contributed by atoms with Gasteiger partial charge in [-0.3, -0.25) is 0 Å². The van der Waals surface area contributed by atoms with E-state index in [1.807, 2.05) is 18.2 Å². The minimum absolute atomic E-state index is 0.547. The van der Waals surface area contributed by atoms with Crippen molar-refractivity contribution in [2.24, 2.45) is 0 Å². The molecule has 2 N–H and O–H groups in total.